The van der Waals surface area contributed by atoms with Crippen LogP contribution in [-0.2, 0) is 20.1 Å². The molecular weight excluding hydrogens is 360 g/mol. The van der Waals surface area contributed by atoms with Crippen LogP contribution in [0.1, 0.15) is 17.0 Å². The Kier molecular flexibility index (Phi) is 6.19. The molecule has 0 spiro atoms. The van der Waals surface area contributed by atoms with Crippen molar-refractivity contribution >= 4 is 24.0 Å². The Morgan fingerprint density at radius 2 is 1.76 bits per heavy atom. The van der Waals surface area contributed by atoms with Gasteiger partial charge in [-0.3, -0.25) is 4.79 Å². The number of thioether (sulfide) groups is 1. The van der Waals surface area contributed by atoms with Gasteiger partial charge in [-0.2, -0.15) is 0 Å². The van der Waals surface area contributed by atoms with Crippen molar-refractivity contribution in [3.63, 3.8) is 0 Å². The summed E-state index contributed by atoms with van der Waals surface area (Å²) in [6.07, 6.45) is 0.383. The highest BCUT2D eigenvalue weighted by Crippen LogP contribution is 2.33. The third kappa shape index (κ3) is 4.01. The van der Waals surface area contributed by atoms with E-state index in [1.165, 1.54) is 12.1 Å². The standard InChI is InChI=1S/C17H12F4O3S/c1-24-17(23)10(7-22)9-4-2-3-5-14(9)25-8-11-15(20)12(18)6-13(19)16(11)21/h2-7,10H,8H2,1H3. The first kappa shape index (κ1) is 19.0. The minimum atomic E-state index is -1.50. The number of ether oxygens (including phenoxy) is 1. The van der Waals surface area contributed by atoms with E-state index in [0.29, 0.717) is 11.2 Å². The molecule has 0 aliphatic carbocycles. The molecule has 0 bridgehead atoms. The van der Waals surface area contributed by atoms with Gasteiger partial charge in [-0.1, -0.05) is 18.2 Å². The summed E-state index contributed by atoms with van der Waals surface area (Å²) in [5.41, 5.74) is -0.495. The normalized spacial score (nSPS) is 11.9. The molecule has 0 radical (unpaired) electrons. The van der Waals surface area contributed by atoms with Crippen molar-refractivity contribution in [1.82, 2.24) is 0 Å². The second-order valence-corrected chi connectivity index (χ2v) is 5.93. The van der Waals surface area contributed by atoms with Crippen LogP contribution in [0.25, 0.3) is 0 Å². The first-order valence-corrected chi connectivity index (χ1v) is 7.96. The Morgan fingerprint density at radius 3 is 2.32 bits per heavy atom. The van der Waals surface area contributed by atoms with Crippen LogP contribution < -0.4 is 0 Å². The van der Waals surface area contributed by atoms with E-state index in [1.807, 2.05) is 0 Å². The second-order valence-electron chi connectivity index (χ2n) is 4.91. The quantitative estimate of drug-likeness (QED) is 0.192. The van der Waals surface area contributed by atoms with E-state index in [9.17, 15) is 27.2 Å². The van der Waals surface area contributed by atoms with Crippen molar-refractivity contribution in [2.24, 2.45) is 0 Å². The van der Waals surface area contributed by atoms with Crippen molar-refractivity contribution in [3.05, 3.63) is 64.7 Å². The minimum Gasteiger partial charge on any atom is -0.468 e. The van der Waals surface area contributed by atoms with Gasteiger partial charge in [-0.15, -0.1) is 11.8 Å². The van der Waals surface area contributed by atoms with Crippen LogP contribution in [0.2, 0.25) is 0 Å². The lowest BCUT2D eigenvalue weighted by Crippen LogP contribution is -2.16. The van der Waals surface area contributed by atoms with Gasteiger partial charge in [-0.05, 0) is 11.6 Å². The first-order valence-electron chi connectivity index (χ1n) is 6.97. The third-order valence-electron chi connectivity index (χ3n) is 3.42. The third-order valence-corrected chi connectivity index (χ3v) is 4.54. The van der Waals surface area contributed by atoms with Crippen LogP contribution in [-0.4, -0.2) is 19.4 Å². The molecule has 0 aliphatic rings. The molecule has 2 aromatic carbocycles. The fourth-order valence-electron chi connectivity index (χ4n) is 2.15. The Labute approximate surface area is 145 Å². The number of carbonyl (C=O) groups is 2. The maximum absolute atomic E-state index is 13.7. The maximum Gasteiger partial charge on any atom is 0.320 e. The van der Waals surface area contributed by atoms with Gasteiger partial charge in [0.05, 0.1) is 7.11 Å². The van der Waals surface area contributed by atoms with E-state index in [1.54, 1.807) is 12.1 Å². The monoisotopic (exact) mass is 372 g/mol. The van der Waals surface area contributed by atoms with Crippen molar-refractivity contribution in [3.8, 4) is 0 Å². The number of carbonyl (C=O) groups excluding carboxylic acids is 2. The zero-order valence-corrected chi connectivity index (χ0v) is 13.7. The van der Waals surface area contributed by atoms with E-state index < -0.39 is 46.5 Å². The molecule has 0 saturated carbocycles. The number of methoxy groups -OCH3 is 1. The first-order chi connectivity index (χ1) is 11.9. The number of esters is 1. The van der Waals surface area contributed by atoms with Gasteiger partial charge in [0, 0.05) is 22.3 Å². The topological polar surface area (TPSA) is 43.4 Å². The maximum atomic E-state index is 13.7. The fraction of sp³-hybridized carbons (Fsp3) is 0.176. The summed E-state index contributed by atoms with van der Waals surface area (Å²) in [6.45, 7) is 0. The molecular formula is C17H12F4O3S. The van der Waals surface area contributed by atoms with E-state index in [4.69, 9.17) is 0 Å². The molecule has 0 heterocycles. The molecule has 0 amide bonds. The summed E-state index contributed by atoms with van der Waals surface area (Å²) >= 11 is 0.837. The second kappa shape index (κ2) is 8.15. The zero-order chi connectivity index (χ0) is 18.6. The Morgan fingerprint density at radius 1 is 1.16 bits per heavy atom. The van der Waals surface area contributed by atoms with Crippen LogP contribution in [0, 0.1) is 23.3 Å². The molecule has 8 heteroatoms. The van der Waals surface area contributed by atoms with Crippen LogP contribution >= 0.6 is 11.8 Å². The SMILES string of the molecule is COC(=O)C(C=O)c1ccccc1SCc1c(F)c(F)cc(F)c1F. The number of aldehydes is 1. The fourth-order valence-corrected chi connectivity index (χ4v) is 3.24. The minimum absolute atomic E-state index is 0.131. The summed E-state index contributed by atoms with van der Waals surface area (Å²) in [7, 11) is 1.12. The van der Waals surface area contributed by atoms with Crippen LogP contribution in [0.4, 0.5) is 17.6 Å². The smallest absolute Gasteiger partial charge is 0.320 e. The van der Waals surface area contributed by atoms with Crippen LogP contribution in [0.15, 0.2) is 35.2 Å². The van der Waals surface area contributed by atoms with Crippen molar-refractivity contribution < 1.29 is 31.9 Å². The highest BCUT2D eigenvalue weighted by Gasteiger charge is 2.24. The lowest BCUT2D eigenvalue weighted by Gasteiger charge is -2.14. The largest absolute Gasteiger partial charge is 0.468 e. The highest BCUT2D eigenvalue weighted by molar-refractivity contribution is 7.98. The number of rotatable bonds is 6. The lowest BCUT2D eigenvalue weighted by molar-refractivity contribution is -0.143. The number of hydrogen-bond acceptors (Lipinski definition) is 4. The Balaban J connectivity index is 2.35. The van der Waals surface area contributed by atoms with Gasteiger partial charge >= 0.3 is 5.97 Å². The summed E-state index contributed by atoms with van der Waals surface area (Å²) in [6, 6.07) is 6.29. The van der Waals surface area contributed by atoms with Gasteiger partial charge in [0.25, 0.3) is 0 Å². The molecule has 2 rings (SSSR count). The summed E-state index contributed by atoms with van der Waals surface area (Å²) in [5, 5.41) is 0. The van der Waals surface area contributed by atoms with E-state index in [-0.39, 0.29) is 11.6 Å². The van der Waals surface area contributed by atoms with Crippen molar-refractivity contribution in [1.29, 1.82) is 0 Å². The molecule has 0 N–H and O–H groups in total. The molecule has 132 valence electrons. The number of halogens is 4. The zero-order valence-electron chi connectivity index (χ0n) is 12.9. The highest BCUT2D eigenvalue weighted by atomic mass is 32.2. The average Bonchev–Trinajstić information content (AvgIpc) is 2.61. The average molecular weight is 372 g/mol. The van der Waals surface area contributed by atoms with E-state index in [0.717, 1.165) is 18.9 Å². The van der Waals surface area contributed by atoms with E-state index >= 15 is 0 Å². The van der Waals surface area contributed by atoms with Crippen molar-refractivity contribution in [2.45, 2.75) is 16.6 Å². The predicted molar refractivity (Wildman–Crippen MR) is 83.1 cm³/mol. The Hall–Kier alpha value is -2.35. The van der Waals surface area contributed by atoms with Gasteiger partial charge in [0.1, 0.15) is 12.2 Å². The molecule has 0 fully saturated rings. The number of benzene rings is 2. The molecule has 0 saturated heterocycles. The molecule has 0 aromatic heterocycles. The molecule has 1 atom stereocenters. The van der Waals surface area contributed by atoms with Crippen LogP contribution in [0.3, 0.4) is 0 Å². The summed E-state index contributed by atoms with van der Waals surface area (Å²) in [5.74, 6) is -8.40. The van der Waals surface area contributed by atoms with Gasteiger partial charge in [0.15, 0.2) is 23.3 Å². The molecule has 0 aliphatic heterocycles. The molecule has 2 aromatic rings. The van der Waals surface area contributed by atoms with Crippen LogP contribution in [0.5, 0.6) is 0 Å². The molecule has 3 nitrogen and oxygen atoms in total. The Bertz CT molecular complexity index is 784. The lowest BCUT2D eigenvalue weighted by atomic mass is 10.0. The van der Waals surface area contributed by atoms with Crippen molar-refractivity contribution in [2.75, 3.05) is 7.11 Å². The summed E-state index contributed by atoms with van der Waals surface area (Å²) in [4.78, 5) is 23.2. The van der Waals surface area contributed by atoms with Gasteiger partial charge in [-0.25, -0.2) is 17.6 Å². The summed E-state index contributed by atoms with van der Waals surface area (Å²) < 4.78 is 58.5. The molecule has 1 unspecified atom stereocenters. The van der Waals surface area contributed by atoms with Gasteiger partial charge < -0.3 is 9.53 Å². The molecule has 25 heavy (non-hydrogen) atoms. The van der Waals surface area contributed by atoms with Gasteiger partial charge in [0.2, 0.25) is 0 Å². The van der Waals surface area contributed by atoms with E-state index in [2.05, 4.69) is 4.74 Å². The number of hydrogen-bond donors (Lipinski definition) is 0. The predicted octanol–water partition coefficient (Wildman–Crippen LogP) is 3.99.